The second-order valence-electron chi connectivity index (χ2n) is 14.8. The van der Waals surface area contributed by atoms with Gasteiger partial charge >= 0.3 is 0 Å². The van der Waals surface area contributed by atoms with Gasteiger partial charge in [0.15, 0.2) is 0 Å². The average Bonchev–Trinajstić information content (AvgIpc) is 3.96. The zero-order chi connectivity index (χ0) is 37.5. The number of aromatic nitrogens is 3. The molecule has 8 aromatic carbocycles. The highest BCUT2D eigenvalue weighted by Crippen LogP contribution is 2.41. The number of nitrogens with zero attached hydrogens (tertiary/aromatic N) is 3. The Hall–Kier alpha value is -7.69. The summed E-state index contributed by atoms with van der Waals surface area (Å²) in [5.41, 5.74) is 15.2. The van der Waals surface area contributed by atoms with Gasteiger partial charge in [-0.15, -0.1) is 0 Å². The minimum absolute atomic E-state index is 0.884. The Bertz CT molecular complexity index is 3520. The van der Waals surface area contributed by atoms with Gasteiger partial charge in [0.2, 0.25) is 0 Å². The van der Waals surface area contributed by atoms with Crippen molar-refractivity contribution in [2.45, 2.75) is 0 Å². The average molecular weight is 728 g/mol. The summed E-state index contributed by atoms with van der Waals surface area (Å²) in [5, 5.41) is 7.07. The Kier molecular flexibility index (Phi) is 6.89. The van der Waals surface area contributed by atoms with Crippen molar-refractivity contribution in [3.05, 3.63) is 200 Å². The first-order valence-electron chi connectivity index (χ1n) is 19.4. The predicted octanol–water partition coefficient (Wildman–Crippen LogP) is 14.2. The van der Waals surface area contributed by atoms with E-state index in [9.17, 15) is 0 Å². The standard InChI is InChI=1S/C53H33N3O/c1-3-12-34(13-4-1)53-52(54-50-20-9-10-29-55(50)53)40-24-22-35-30-39(23-21-36(35)31-40)42-17-11-19-49-51(42)45-33-38(26-28-48(45)57-49)37-25-27-47-44(32-37)43-16-7-8-18-46(43)56(47)41-14-5-2-6-15-41/h1-33H. The molecule has 4 nitrogen and oxygen atoms in total. The van der Waals surface area contributed by atoms with E-state index < -0.39 is 0 Å². The third kappa shape index (κ3) is 4.98. The van der Waals surface area contributed by atoms with Gasteiger partial charge in [0.05, 0.1) is 22.4 Å². The second kappa shape index (κ2) is 12.4. The molecule has 266 valence electrons. The minimum atomic E-state index is 0.884. The van der Waals surface area contributed by atoms with Gasteiger partial charge in [-0.1, -0.05) is 121 Å². The third-order valence-corrected chi connectivity index (χ3v) is 11.5. The van der Waals surface area contributed by atoms with Gasteiger partial charge in [-0.2, -0.15) is 0 Å². The molecule has 0 aliphatic carbocycles. The normalized spacial score (nSPS) is 11.9. The van der Waals surface area contributed by atoms with Crippen LogP contribution in [0, 0.1) is 0 Å². The zero-order valence-electron chi connectivity index (χ0n) is 30.8. The molecule has 0 aliphatic heterocycles. The molecule has 0 saturated heterocycles. The summed E-state index contributed by atoms with van der Waals surface area (Å²) in [6, 6.07) is 69.3. The monoisotopic (exact) mass is 727 g/mol. The third-order valence-electron chi connectivity index (χ3n) is 11.5. The van der Waals surface area contributed by atoms with E-state index in [-0.39, 0.29) is 0 Å². The van der Waals surface area contributed by atoms with Crippen molar-refractivity contribution in [2.24, 2.45) is 0 Å². The number of fused-ring (bicyclic) bond motifs is 8. The predicted molar refractivity (Wildman–Crippen MR) is 236 cm³/mol. The van der Waals surface area contributed by atoms with Crippen LogP contribution in [0.25, 0.3) is 111 Å². The molecule has 0 bridgehead atoms. The topological polar surface area (TPSA) is 35.4 Å². The highest BCUT2D eigenvalue weighted by molar-refractivity contribution is 6.15. The number of rotatable bonds is 5. The van der Waals surface area contributed by atoms with Crippen LogP contribution < -0.4 is 0 Å². The SMILES string of the molecule is c1ccc(-c2c(-c3ccc4cc(-c5cccc6oc7ccc(-c8ccc9c(c8)c8ccccc8n9-c8ccccc8)cc7c56)ccc4c3)nc3ccccn23)cc1. The Labute approximate surface area is 328 Å². The van der Waals surface area contributed by atoms with Gasteiger partial charge in [0.1, 0.15) is 16.8 Å². The van der Waals surface area contributed by atoms with Crippen molar-refractivity contribution in [1.29, 1.82) is 0 Å². The van der Waals surface area contributed by atoms with Crippen molar-refractivity contribution < 1.29 is 4.42 Å². The van der Waals surface area contributed by atoms with Crippen molar-refractivity contribution in [2.75, 3.05) is 0 Å². The van der Waals surface area contributed by atoms with E-state index >= 15 is 0 Å². The number of hydrogen-bond acceptors (Lipinski definition) is 2. The van der Waals surface area contributed by atoms with Crippen LogP contribution in [0.15, 0.2) is 205 Å². The van der Waals surface area contributed by atoms with Crippen LogP contribution in [0.5, 0.6) is 0 Å². The molecule has 4 heterocycles. The number of imidazole rings is 1. The minimum Gasteiger partial charge on any atom is -0.456 e. The smallest absolute Gasteiger partial charge is 0.137 e. The Morgan fingerprint density at radius 2 is 1.11 bits per heavy atom. The molecule has 4 aromatic heterocycles. The summed E-state index contributed by atoms with van der Waals surface area (Å²) >= 11 is 0. The van der Waals surface area contributed by atoms with Crippen LogP contribution >= 0.6 is 0 Å². The van der Waals surface area contributed by atoms with Gasteiger partial charge in [-0.05, 0) is 106 Å². The summed E-state index contributed by atoms with van der Waals surface area (Å²) < 4.78 is 11.0. The van der Waals surface area contributed by atoms with Crippen molar-refractivity contribution >= 4 is 60.2 Å². The molecule has 0 N–H and O–H groups in total. The molecule has 57 heavy (non-hydrogen) atoms. The zero-order valence-corrected chi connectivity index (χ0v) is 30.8. The lowest BCUT2D eigenvalue weighted by atomic mass is 9.94. The molecule has 0 atom stereocenters. The van der Waals surface area contributed by atoms with Gasteiger partial charge in [0.25, 0.3) is 0 Å². The van der Waals surface area contributed by atoms with E-state index in [0.717, 1.165) is 72.5 Å². The van der Waals surface area contributed by atoms with E-state index in [2.05, 4.69) is 203 Å². The molecular weight excluding hydrogens is 695 g/mol. The fourth-order valence-corrected chi connectivity index (χ4v) is 8.88. The molecule has 12 rings (SSSR count). The Balaban J connectivity index is 0.963. The molecule has 0 unspecified atom stereocenters. The van der Waals surface area contributed by atoms with Crippen LogP contribution in [0.1, 0.15) is 0 Å². The lowest BCUT2D eigenvalue weighted by Gasteiger charge is -2.09. The molecule has 4 heteroatoms. The van der Waals surface area contributed by atoms with E-state index in [1.54, 1.807) is 0 Å². The fraction of sp³-hybridized carbons (Fsp3) is 0. The number of benzene rings is 8. The number of furan rings is 1. The fourth-order valence-electron chi connectivity index (χ4n) is 8.88. The maximum atomic E-state index is 6.50. The Morgan fingerprint density at radius 1 is 0.421 bits per heavy atom. The molecule has 0 aliphatic rings. The first-order valence-corrected chi connectivity index (χ1v) is 19.4. The molecule has 0 spiro atoms. The lowest BCUT2D eigenvalue weighted by Crippen LogP contribution is -1.92. The van der Waals surface area contributed by atoms with E-state index in [1.807, 2.05) is 6.07 Å². The van der Waals surface area contributed by atoms with Gasteiger partial charge in [-0.3, -0.25) is 4.40 Å². The molecule has 12 aromatic rings. The van der Waals surface area contributed by atoms with E-state index in [1.165, 1.54) is 38.1 Å². The molecular formula is C53H33N3O. The molecule has 0 fully saturated rings. The quantitative estimate of drug-likeness (QED) is 0.177. The van der Waals surface area contributed by atoms with E-state index in [4.69, 9.17) is 9.40 Å². The summed E-state index contributed by atoms with van der Waals surface area (Å²) in [6.07, 6.45) is 2.09. The molecule has 0 saturated carbocycles. The summed E-state index contributed by atoms with van der Waals surface area (Å²) in [7, 11) is 0. The maximum Gasteiger partial charge on any atom is 0.137 e. The molecule has 0 amide bonds. The number of hydrogen-bond donors (Lipinski definition) is 0. The van der Waals surface area contributed by atoms with Crippen molar-refractivity contribution in [3.63, 3.8) is 0 Å². The summed E-state index contributed by atoms with van der Waals surface area (Å²) in [5.74, 6) is 0. The van der Waals surface area contributed by atoms with Crippen LogP contribution in [0.4, 0.5) is 0 Å². The largest absolute Gasteiger partial charge is 0.456 e. The summed E-state index contributed by atoms with van der Waals surface area (Å²) in [6.45, 7) is 0. The van der Waals surface area contributed by atoms with Crippen LogP contribution in [-0.2, 0) is 0 Å². The van der Waals surface area contributed by atoms with Crippen molar-refractivity contribution in [1.82, 2.24) is 14.0 Å². The Morgan fingerprint density at radius 3 is 1.96 bits per heavy atom. The van der Waals surface area contributed by atoms with Crippen LogP contribution in [0.2, 0.25) is 0 Å². The molecule has 0 radical (unpaired) electrons. The van der Waals surface area contributed by atoms with Gasteiger partial charge < -0.3 is 8.98 Å². The van der Waals surface area contributed by atoms with Crippen LogP contribution in [0.3, 0.4) is 0 Å². The number of pyridine rings is 1. The first-order chi connectivity index (χ1) is 28.2. The van der Waals surface area contributed by atoms with Crippen molar-refractivity contribution in [3.8, 4) is 50.5 Å². The van der Waals surface area contributed by atoms with Gasteiger partial charge in [-0.25, -0.2) is 4.98 Å². The highest BCUT2D eigenvalue weighted by atomic mass is 16.3. The van der Waals surface area contributed by atoms with E-state index in [0.29, 0.717) is 0 Å². The summed E-state index contributed by atoms with van der Waals surface area (Å²) in [4.78, 5) is 5.11. The van der Waals surface area contributed by atoms with Gasteiger partial charge in [0, 0.05) is 44.6 Å². The second-order valence-corrected chi connectivity index (χ2v) is 14.8. The lowest BCUT2D eigenvalue weighted by molar-refractivity contribution is 0.669. The maximum absolute atomic E-state index is 6.50. The highest BCUT2D eigenvalue weighted by Gasteiger charge is 2.18. The first kappa shape index (κ1) is 31.6. The number of para-hydroxylation sites is 2. The van der Waals surface area contributed by atoms with Crippen LogP contribution in [-0.4, -0.2) is 14.0 Å².